The van der Waals surface area contributed by atoms with E-state index in [4.69, 9.17) is 16.3 Å². The van der Waals surface area contributed by atoms with E-state index in [-0.39, 0.29) is 0 Å². The van der Waals surface area contributed by atoms with Gasteiger partial charge in [0.15, 0.2) is 0 Å². The molecule has 0 aliphatic rings. The zero-order valence-corrected chi connectivity index (χ0v) is 12.7. The molecule has 0 fully saturated rings. The first-order valence-corrected chi connectivity index (χ1v) is 7.24. The number of aryl methyl sites for hydroxylation is 1. The van der Waals surface area contributed by atoms with Crippen molar-refractivity contribution in [2.24, 2.45) is 0 Å². The zero-order valence-electron chi connectivity index (χ0n) is 11.9. The molecule has 0 heterocycles. The van der Waals surface area contributed by atoms with Gasteiger partial charge in [-0.1, -0.05) is 42.8 Å². The van der Waals surface area contributed by atoms with Gasteiger partial charge in [-0.15, -0.1) is 0 Å². The molecule has 0 aliphatic carbocycles. The summed E-state index contributed by atoms with van der Waals surface area (Å²) in [6.07, 6.45) is 0.910. The summed E-state index contributed by atoms with van der Waals surface area (Å²) in [5, 5.41) is 3.95. The van der Waals surface area contributed by atoms with Gasteiger partial charge in [-0.25, -0.2) is 0 Å². The number of benzene rings is 2. The van der Waals surface area contributed by atoms with Crippen molar-refractivity contribution in [3.8, 4) is 5.75 Å². The number of hydrogen-bond donors (Lipinski definition) is 1. The molecule has 0 radical (unpaired) electrons. The van der Waals surface area contributed by atoms with Gasteiger partial charge in [0.25, 0.3) is 0 Å². The van der Waals surface area contributed by atoms with Gasteiger partial charge in [0.2, 0.25) is 0 Å². The molecular weight excluding hydrogens is 270 g/mol. The summed E-state index contributed by atoms with van der Waals surface area (Å²) in [5.74, 6) is 0.866. The quantitative estimate of drug-likeness (QED) is 0.860. The van der Waals surface area contributed by atoms with Gasteiger partial charge in [-0.2, -0.15) is 0 Å². The molecule has 0 aromatic heterocycles. The second kappa shape index (κ2) is 7.32. The van der Waals surface area contributed by atoms with E-state index < -0.39 is 0 Å². The molecule has 2 aromatic rings. The largest absolute Gasteiger partial charge is 0.489 e. The van der Waals surface area contributed by atoms with Crippen LogP contribution in [0.5, 0.6) is 5.75 Å². The Labute approximate surface area is 125 Å². The number of ether oxygens (including phenoxy) is 1. The molecule has 0 amide bonds. The summed E-state index contributed by atoms with van der Waals surface area (Å²) >= 11 is 6.11. The van der Waals surface area contributed by atoms with Crippen LogP contribution in [0.15, 0.2) is 42.5 Å². The number of halogens is 1. The molecule has 2 nitrogen and oxygen atoms in total. The average molecular weight is 290 g/mol. The molecule has 20 heavy (non-hydrogen) atoms. The van der Waals surface area contributed by atoms with Crippen molar-refractivity contribution in [1.82, 2.24) is 5.32 Å². The van der Waals surface area contributed by atoms with Crippen molar-refractivity contribution in [2.45, 2.75) is 26.5 Å². The fourth-order valence-corrected chi connectivity index (χ4v) is 2.36. The maximum atomic E-state index is 6.11. The molecule has 0 bridgehead atoms. The van der Waals surface area contributed by atoms with Crippen LogP contribution in [0, 0.1) is 0 Å². The number of hydrogen-bond acceptors (Lipinski definition) is 2. The van der Waals surface area contributed by atoms with Crippen LogP contribution >= 0.6 is 11.6 Å². The normalized spacial score (nSPS) is 10.6. The van der Waals surface area contributed by atoms with Crippen LogP contribution in [-0.2, 0) is 19.6 Å². The second-order valence-corrected chi connectivity index (χ2v) is 5.15. The summed E-state index contributed by atoms with van der Waals surface area (Å²) in [5.41, 5.74) is 3.55. The van der Waals surface area contributed by atoms with Crippen LogP contribution in [0.2, 0.25) is 5.02 Å². The second-order valence-electron chi connectivity index (χ2n) is 4.75. The lowest BCUT2D eigenvalue weighted by Crippen LogP contribution is -2.05. The van der Waals surface area contributed by atoms with E-state index in [0.29, 0.717) is 6.61 Å². The highest BCUT2D eigenvalue weighted by atomic mass is 35.5. The van der Waals surface area contributed by atoms with Gasteiger partial charge in [-0.05, 0) is 48.4 Å². The Hall–Kier alpha value is -1.51. The lowest BCUT2D eigenvalue weighted by atomic mass is 10.1. The molecule has 0 aliphatic heterocycles. The van der Waals surface area contributed by atoms with E-state index in [9.17, 15) is 0 Å². The van der Waals surface area contributed by atoms with Crippen molar-refractivity contribution < 1.29 is 4.74 Å². The van der Waals surface area contributed by atoms with Gasteiger partial charge >= 0.3 is 0 Å². The van der Waals surface area contributed by atoms with Gasteiger partial charge in [0.1, 0.15) is 12.4 Å². The molecule has 0 atom stereocenters. The summed E-state index contributed by atoms with van der Waals surface area (Å²) in [4.78, 5) is 0. The van der Waals surface area contributed by atoms with E-state index in [1.807, 2.05) is 25.2 Å². The fraction of sp³-hybridized carbons (Fsp3) is 0.294. The van der Waals surface area contributed by atoms with Crippen LogP contribution in [0.4, 0.5) is 0 Å². The van der Waals surface area contributed by atoms with E-state index in [0.717, 1.165) is 29.3 Å². The Bertz CT molecular complexity index is 569. The van der Waals surface area contributed by atoms with E-state index in [2.05, 4.69) is 36.5 Å². The highest BCUT2D eigenvalue weighted by Crippen LogP contribution is 2.23. The predicted molar refractivity (Wildman–Crippen MR) is 84.4 cm³/mol. The maximum Gasteiger partial charge on any atom is 0.120 e. The van der Waals surface area contributed by atoms with Crippen molar-refractivity contribution in [3.05, 3.63) is 64.2 Å². The van der Waals surface area contributed by atoms with E-state index in [1.165, 1.54) is 11.1 Å². The van der Waals surface area contributed by atoms with Gasteiger partial charge in [0, 0.05) is 11.6 Å². The summed E-state index contributed by atoms with van der Waals surface area (Å²) in [6, 6.07) is 14.2. The van der Waals surface area contributed by atoms with Gasteiger partial charge in [0.05, 0.1) is 0 Å². The molecule has 2 aromatic carbocycles. The molecule has 106 valence electrons. The third-order valence-corrected chi connectivity index (χ3v) is 3.54. The topological polar surface area (TPSA) is 21.3 Å². The Morgan fingerprint density at radius 3 is 2.65 bits per heavy atom. The monoisotopic (exact) mass is 289 g/mol. The highest BCUT2D eigenvalue weighted by Gasteiger charge is 2.02. The molecule has 3 heteroatoms. The molecule has 2 rings (SSSR count). The molecule has 0 unspecified atom stereocenters. The van der Waals surface area contributed by atoms with Crippen LogP contribution in [-0.4, -0.2) is 7.05 Å². The molecular formula is C17H20ClNO. The maximum absolute atomic E-state index is 6.11. The SMILES string of the molecule is CCc1cc(OCc2cccc(CNC)c2)ccc1Cl. The first-order valence-electron chi connectivity index (χ1n) is 6.86. The lowest BCUT2D eigenvalue weighted by Gasteiger charge is -2.10. The fourth-order valence-electron chi connectivity index (χ4n) is 2.11. The smallest absolute Gasteiger partial charge is 0.120 e. The standard InChI is InChI=1S/C17H20ClNO/c1-3-15-10-16(7-8-17(15)18)20-12-14-6-4-5-13(9-14)11-19-2/h4-10,19H,3,11-12H2,1-2H3. The van der Waals surface area contributed by atoms with E-state index in [1.54, 1.807) is 0 Å². The minimum absolute atomic E-state index is 0.572. The van der Waals surface area contributed by atoms with Crippen LogP contribution < -0.4 is 10.1 Å². The average Bonchev–Trinajstić information content (AvgIpc) is 2.47. The minimum Gasteiger partial charge on any atom is -0.489 e. The predicted octanol–water partition coefficient (Wildman–Crippen LogP) is 4.20. The molecule has 0 saturated heterocycles. The van der Waals surface area contributed by atoms with Crippen LogP contribution in [0.1, 0.15) is 23.6 Å². The van der Waals surface area contributed by atoms with Crippen molar-refractivity contribution >= 4 is 11.6 Å². The summed E-state index contributed by atoms with van der Waals surface area (Å²) < 4.78 is 5.84. The Balaban J connectivity index is 2.03. The molecule has 1 N–H and O–H groups in total. The van der Waals surface area contributed by atoms with Crippen LogP contribution in [0.3, 0.4) is 0 Å². The minimum atomic E-state index is 0.572. The van der Waals surface area contributed by atoms with E-state index >= 15 is 0 Å². The van der Waals surface area contributed by atoms with Crippen molar-refractivity contribution in [2.75, 3.05) is 7.05 Å². The summed E-state index contributed by atoms with van der Waals surface area (Å²) in [6.45, 7) is 3.53. The summed E-state index contributed by atoms with van der Waals surface area (Å²) in [7, 11) is 1.95. The molecule has 0 saturated carbocycles. The van der Waals surface area contributed by atoms with Crippen molar-refractivity contribution in [1.29, 1.82) is 0 Å². The third-order valence-electron chi connectivity index (χ3n) is 3.18. The first-order chi connectivity index (χ1) is 9.72. The van der Waals surface area contributed by atoms with Gasteiger partial charge < -0.3 is 10.1 Å². The lowest BCUT2D eigenvalue weighted by molar-refractivity contribution is 0.306. The zero-order chi connectivity index (χ0) is 14.4. The van der Waals surface area contributed by atoms with Crippen LogP contribution in [0.25, 0.3) is 0 Å². The van der Waals surface area contributed by atoms with Gasteiger partial charge in [-0.3, -0.25) is 0 Å². The Morgan fingerprint density at radius 2 is 1.90 bits per heavy atom. The Morgan fingerprint density at radius 1 is 1.10 bits per heavy atom. The third kappa shape index (κ3) is 3.99. The van der Waals surface area contributed by atoms with Crippen molar-refractivity contribution in [3.63, 3.8) is 0 Å². The Kier molecular flexibility index (Phi) is 5.45. The first kappa shape index (κ1) is 14.9. The highest BCUT2D eigenvalue weighted by molar-refractivity contribution is 6.31. The number of nitrogens with one attached hydrogen (secondary N) is 1. The number of rotatable bonds is 6. The molecule has 0 spiro atoms.